The van der Waals surface area contributed by atoms with Crippen LogP contribution in [0.3, 0.4) is 0 Å². The Morgan fingerprint density at radius 2 is 2.04 bits per heavy atom. The molecule has 0 aliphatic heterocycles. The Balaban J connectivity index is 0.00000484. The summed E-state index contributed by atoms with van der Waals surface area (Å²) >= 11 is 11.7. The summed E-state index contributed by atoms with van der Waals surface area (Å²) in [5.41, 5.74) is 6.02. The van der Waals surface area contributed by atoms with E-state index in [4.69, 9.17) is 33.7 Å². The lowest BCUT2D eigenvalue weighted by Crippen LogP contribution is -2.40. The zero-order chi connectivity index (χ0) is 16.7. The maximum absolute atomic E-state index is 12.4. The van der Waals surface area contributed by atoms with Crippen LogP contribution in [0.15, 0.2) is 17.1 Å². The number of guanidine groups is 1. The molecule has 1 rings (SSSR count). The van der Waals surface area contributed by atoms with Crippen LogP contribution in [0.1, 0.15) is 12.5 Å². The lowest BCUT2D eigenvalue weighted by atomic mass is 10.2. The van der Waals surface area contributed by atoms with Crippen molar-refractivity contribution in [2.75, 3.05) is 13.7 Å². The molecule has 0 saturated carbocycles. The molecule has 132 valence electrons. The fourth-order valence-electron chi connectivity index (χ4n) is 1.71. The molecule has 5 nitrogen and oxygen atoms in total. The van der Waals surface area contributed by atoms with Crippen LogP contribution in [0, 0.1) is 0 Å². The van der Waals surface area contributed by atoms with Gasteiger partial charge in [-0.3, -0.25) is 0 Å². The SMILES string of the molecule is COCC(C)NC(N)=NCc1cc(Cl)cc(Cl)c1OC(F)F.I. The molecule has 0 aromatic heterocycles. The van der Waals surface area contributed by atoms with E-state index >= 15 is 0 Å². The van der Waals surface area contributed by atoms with E-state index in [0.717, 1.165) is 0 Å². The van der Waals surface area contributed by atoms with Crippen molar-refractivity contribution >= 4 is 53.1 Å². The summed E-state index contributed by atoms with van der Waals surface area (Å²) in [5, 5.41) is 3.16. The first-order valence-electron chi connectivity index (χ1n) is 6.31. The van der Waals surface area contributed by atoms with Gasteiger partial charge in [0.1, 0.15) is 5.75 Å². The number of rotatable bonds is 7. The summed E-state index contributed by atoms with van der Waals surface area (Å²) < 4.78 is 34.2. The van der Waals surface area contributed by atoms with E-state index in [2.05, 4.69) is 15.0 Å². The van der Waals surface area contributed by atoms with Gasteiger partial charge < -0.3 is 20.5 Å². The molecule has 0 spiro atoms. The Morgan fingerprint density at radius 1 is 1.39 bits per heavy atom. The Labute approximate surface area is 160 Å². The van der Waals surface area contributed by atoms with Gasteiger partial charge >= 0.3 is 6.61 Å². The van der Waals surface area contributed by atoms with Crippen LogP contribution in [-0.2, 0) is 11.3 Å². The molecule has 0 heterocycles. The summed E-state index contributed by atoms with van der Waals surface area (Å²) in [6, 6.07) is 2.71. The molecule has 23 heavy (non-hydrogen) atoms. The van der Waals surface area contributed by atoms with Gasteiger partial charge in [-0.1, -0.05) is 23.2 Å². The fourth-order valence-corrected chi connectivity index (χ4v) is 2.29. The molecular formula is C13H18Cl2F2IN3O2. The van der Waals surface area contributed by atoms with Crippen LogP contribution in [0.25, 0.3) is 0 Å². The van der Waals surface area contributed by atoms with Gasteiger partial charge in [-0.2, -0.15) is 8.78 Å². The van der Waals surface area contributed by atoms with Crippen molar-refractivity contribution in [3.05, 3.63) is 27.7 Å². The summed E-state index contributed by atoms with van der Waals surface area (Å²) in [6.07, 6.45) is 0. The van der Waals surface area contributed by atoms with Crippen molar-refractivity contribution < 1.29 is 18.3 Å². The average Bonchev–Trinajstić information content (AvgIpc) is 2.39. The number of hydrogen-bond donors (Lipinski definition) is 2. The molecule has 10 heteroatoms. The van der Waals surface area contributed by atoms with Crippen molar-refractivity contribution in [3.63, 3.8) is 0 Å². The van der Waals surface area contributed by atoms with Gasteiger partial charge in [0.25, 0.3) is 0 Å². The Kier molecular flexibility index (Phi) is 10.8. The number of nitrogens with two attached hydrogens (primary N) is 1. The zero-order valence-electron chi connectivity index (χ0n) is 12.5. The van der Waals surface area contributed by atoms with Gasteiger partial charge in [-0.15, -0.1) is 24.0 Å². The maximum Gasteiger partial charge on any atom is 0.387 e. The molecule has 0 aliphatic rings. The summed E-state index contributed by atoms with van der Waals surface area (Å²) in [5.74, 6) is -0.0220. The first-order chi connectivity index (χ1) is 10.3. The minimum absolute atomic E-state index is 0. The van der Waals surface area contributed by atoms with Crippen LogP contribution in [0.5, 0.6) is 5.75 Å². The smallest absolute Gasteiger partial charge is 0.387 e. The zero-order valence-corrected chi connectivity index (χ0v) is 16.3. The Morgan fingerprint density at radius 3 is 2.61 bits per heavy atom. The van der Waals surface area contributed by atoms with Gasteiger partial charge in [-0.25, -0.2) is 4.99 Å². The number of methoxy groups -OCH3 is 1. The summed E-state index contributed by atoms with van der Waals surface area (Å²) in [4.78, 5) is 4.05. The molecule has 1 unspecified atom stereocenters. The third-order valence-electron chi connectivity index (χ3n) is 2.52. The molecule has 1 atom stereocenters. The van der Waals surface area contributed by atoms with Gasteiger partial charge in [-0.05, 0) is 19.1 Å². The highest BCUT2D eigenvalue weighted by Crippen LogP contribution is 2.34. The van der Waals surface area contributed by atoms with Crippen LogP contribution >= 0.6 is 47.2 Å². The number of aliphatic imine (C=N–C) groups is 1. The first-order valence-corrected chi connectivity index (χ1v) is 7.07. The molecule has 0 bridgehead atoms. The van der Waals surface area contributed by atoms with Crippen molar-refractivity contribution in [1.29, 1.82) is 0 Å². The van der Waals surface area contributed by atoms with Crippen LogP contribution in [0.2, 0.25) is 10.0 Å². The number of hydrogen-bond acceptors (Lipinski definition) is 3. The minimum Gasteiger partial charge on any atom is -0.433 e. The second-order valence-electron chi connectivity index (χ2n) is 4.46. The third-order valence-corrected chi connectivity index (χ3v) is 3.02. The molecule has 0 aliphatic carbocycles. The number of alkyl halides is 2. The van der Waals surface area contributed by atoms with Crippen LogP contribution in [0.4, 0.5) is 8.78 Å². The van der Waals surface area contributed by atoms with Crippen molar-refractivity contribution in [2.45, 2.75) is 26.1 Å². The molecule has 0 fully saturated rings. The van der Waals surface area contributed by atoms with Crippen molar-refractivity contribution in [1.82, 2.24) is 5.32 Å². The van der Waals surface area contributed by atoms with E-state index in [9.17, 15) is 8.78 Å². The van der Waals surface area contributed by atoms with Crippen LogP contribution < -0.4 is 15.8 Å². The number of nitrogens with one attached hydrogen (secondary N) is 1. The molecular weight excluding hydrogens is 466 g/mol. The van der Waals surface area contributed by atoms with Gasteiger partial charge in [0.15, 0.2) is 5.96 Å². The van der Waals surface area contributed by atoms with Crippen molar-refractivity contribution in [2.24, 2.45) is 10.7 Å². The molecule has 1 aromatic rings. The Bertz CT molecular complexity index is 536. The summed E-state index contributed by atoms with van der Waals surface area (Å²) in [7, 11) is 1.56. The second-order valence-corrected chi connectivity index (χ2v) is 5.30. The molecule has 3 N–H and O–H groups in total. The first kappa shape index (κ1) is 22.4. The van der Waals surface area contributed by atoms with E-state index in [-0.39, 0.29) is 58.3 Å². The average molecular weight is 484 g/mol. The maximum atomic E-state index is 12.4. The fraction of sp³-hybridized carbons (Fsp3) is 0.462. The Hall–Kier alpha value is -0.580. The molecule has 0 saturated heterocycles. The minimum atomic E-state index is -3.00. The summed E-state index contributed by atoms with van der Waals surface area (Å²) in [6.45, 7) is -0.716. The van der Waals surface area contributed by atoms with E-state index in [1.807, 2.05) is 6.92 Å². The van der Waals surface area contributed by atoms with E-state index < -0.39 is 6.61 Å². The molecule has 1 aromatic carbocycles. The number of benzene rings is 1. The topological polar surface area (TPSA) is 68.9 Å². The highest BCUT2D eigenvalue weighted by molar-refractivity contribution is 14.0. The van der Waals surface area contributed by atoms with Gasteiger partial charge in [0.2, 0.25) is 0 Å². The lowest BCUT2D eigenvalue weighted by molar-refractivity contribution is -0.0503. The number of nitrogens with zero attached hydrogens (tertiary/aromatic N) is 1. The van der Waals surface area contributed by atoms with E-state index in [1.165, 1.54) is 12.1 Å². The predicted octanol–water partition coefficient (Wildman–Crippen LogP) is 3.65. The quantitative estimate of drug-likeness (QED) is 0.353. The standard InChI is InChI=1S/C13H17Cl2F2N3O2.HI/c1-7(6-21-2)20-13(18)19-5-8-3-9(14)4-10(15)11(8)22-12(16)17;/h3-4,7,12H,5-6H2,1-2H3,(H3,18,19,20);1H. The third kappa shape index (κ3) is 8.18. The highest BCUT2D eigenvalue weighted by Gasteiger charge is 2.15. The van der Waals surface area contributed by atoms with Gasteiger partial charge in [0, 0.05) is 23.7 Å². The molecule has 0 radical (unpaired) electrons. The van der Waals surface area contributed by atoms with Crippen LogP contribution in [-0.4, -0.2) is 32.3 Å². The largest absolute Gasteiger partial charge is 0.433 e. The normalized spacial score (nSPS) is 12.7. The molecule has 0 amide bonds. The predicted molar refractivity (Wildman–Crippen MR) is 98.3 cm³/mol. The van der Waals surface area contributed by atoms with E-state index in [1.54, 1.807) is 7.11 Å². The van der Waals surface area contributed by atoms with Gasteiger partial charge in [0.05, 0.1) is 18.2 Å². The van der Waals surface area contributed by atoms with E-state index in [0.29, 0.717) is 12.2 Å². The lowest BCUT2D eigenvalue weighted by Gasteiger charge is -2.14. The monoisotopic (exact) mass is 483 g/mol. The highest BCUT2D eigenvalue weighted by atomic mass is 127. The number of halogens is 5. The van der Waals surface area contributed by atoms with Crippen molar-refractivity contribution in [3.8, 4) is 5.75 Å². The number of ether oxygens (including phenoxy) is 2. The second kappa shape index (κ2) is 11.1.